The Morgan fingerprint density at radius 1 is 1.25 bits per heavy atom. The molecule has 1 atom stereocenters. The lowest BCUT2D eigenvalue weighted by molar-refractivity contribution is -0.121. The van der Waals surface area contributed by atoms with E-state index in [1.165, 1.54) is 11.3 Å². The molecule has 4 N–H and O–H groups in total. The van der Waals surface area contributed by atoms with Crippen molar-refractivity contribution >= 4 is 34.1 Å². The number of nitrogens with two attached hydrogens (primary N) is 1. The van der Waals surface area contributed by atoms with E-state index in [2.05, 4.69) is 15.5 Å². The van der Waals surface area contributed by atoms with Crippen molar-refractivity contribution in [3.8, 4) is 0 Å². The third kappa shape index (κ3) is 4.60. The maximum absolute atomic E-state index is 12.6. The minimum Gasteiger partial charge on any atom is -0.456 e. The van der Waals surface area contributed by atoms with E-state index in [0.717, 1.165) is 12.8 Å². The molecule has 0 aliphatic carbocycles. The Hall–Kier alpha value is -2.65. The van der Waals surface area contributed by atoms with Crippen molar-refractivity contribution in [1.82, 2.24) is 10.2 Å². The van der Waals surface area contributed by atoms with Crippen LogP contribution >= 0.6 is 11.3 Å². The van der Waals surface area contributed by atoms with Gasteiger partial charge in [-0.25, -0.2) is 0 Å². The van der Waals surface area contributed by atoms with Crippen LogP contribution < -0.4 is 16.4 Å². The number of furan rings is 1. The van der Waals surface area contributed by atoms with E-state index in [9.17, 15) is 14.4 Å². The molecule has 0 spiro atoms. The lowest BCUT2D eigenvalue weighted by Crippen LogP contribution is -2.50. The standard InChI is InChI=1S/C19H24N4O4S/c1-11-3-4-15(27-11)18(26)21-13-5-8-23(9-6-13)12(2)17(25)22-19-14(16(20)24)7-10-28-19/h3-4,7,10,12-13H,5-6,8-9H2,1-2H3,(H2,20,24)(H,21,26)(H,22,25). The third-order valence-corrected chi connectivity index (χ3v) is 5.75. The number of nitrogens with zero attached hydrogens (tertiary/aromatic N) is 1. The highest BCUT2D eigenvalue weighted by Crippen LogP contribution is 2.23. The SMILES string of the molecule is Cc1ccc(C(=O)NC2CCN(C(C)C(=O)Nc3sccc3C(N)=O)CC2)o1. The van der Waals surface area contributed by atoms with Crippen LogP contribution in [0.3, 0.4) is 0 Å². The number of hydrogen-bond donors (Lipinski definition) is 3. The Labute approximate surface area is 167 Å². The second kappa shape index (κ2) is 8.57. The molecule has 1 saturated heterocycles. The third-order valence-electron chi connectivity index (χ3n) is 4.92. The number of rotatable bonds is 6. The first-order valence-electron chi connectivity index (χ1n) is 9.14. The Kier molecular flexibility index (Phi) is 6.15. The number of likely N-dealkylation sites (tertiary alicyclic amines) is 1. The number of amides is 3. The monoisotopic (exact) mass is 404 g/mol. The summed E-state index contributed by atoms with van der Waals surface area (Å²) in [4.78, 5) is 38.2. The van der Waals surface area contributed by atoms with Gasteiger partial charge in [0.15, 0.2) is 5.76 Å². The van der Waals surface area contributed by atoms with Gasteiger partial charge in [0, 0.05) is 19.1 Å². The van der Waals surface area contributed by atoms with E-state index in [4.69, 9.17) is 10.2 Å². The zero-order chi connectivity index (χ0) is 20.3. The predicted octanol–water partition coefficient (Wildman–Crippen LogP) is 1.97. The van der Waals surface area contributed by atoms with Crippen molar-refractivity contribution in [2.45, 2.75) is 38.8 Å². The van der Waals surface area contributed by atoms with Crippen LogP contribution in [0.5, 0.6) is 0 Å². The maximum atomic E-state index is 12.6. The molecule has 3 amide bonds. The van der Waals surface area contributed by atoms with Crippen LogP contribution in [0.1, 0.15) is 46.4 Å². The molecule has 1 aliphatic heterocycles. The Bertz CT molecular complexity index is 867. The van der Waals surface area contributed by atoms with Gasteiger partial charge in [-0.2, -0.15) is 0 Å². The summed E-state index contributed by atoms with van der Waals surface area (Å²) < 4.78 is 5.35. The molecule has 3 heterocycles. The van der Waals surface area contributed by atoms with Gasteiger partial charge in [0.1, 0.15) is 10.8 Å². The molecule has 1 unspecified atom stereocenters. The van der Waals surface area contributed by atoms with E-state index in [-0.39, 0.29) is 23.9 Å². The van der Waals surface area contributed by atoms with Crippen LogP contribution in [-0.4, -0.2) is 47.8 Å². The molecule has 0 saturated carbocycles. The summed E-state index contributed by atoms with van der Waals surface area (Å²) in [6.45, 7) is 5.00. The minimum atomic E-state index is -0.562. The molecule has 9 heteroatoms. The number of primary amides is 1. The first-order chi connectivity index (χ1) is 13.3. The predicted molar refractivity (Wildman–Crippen MR) is 106 cm³/mol. The first kappa shape index (κ1) is 20.1. The van der Waals surface area contributed by atoms with Crippen LogP contribution in [0.25, 0.3) is 0 Å². The molecule has 2 aromatic rings. The van der Waals surface area contributed by atoms with Crippen LogP contribution in [0.2, 0.25) is 0 Å². The maximum Gasteiger partial charge on any atom is 0.287 e. The Morgan fingerprint density at radius 2 is 1.96 bits per heavy atom. The fourth-order valence-corrected chi connectivity index (χ4v) is 4.02. The fourth-order valence-electron chi connectivity index (χ4n) is 3.23. The number of aryl methyl sites for hydroxylation is 1. The van der Waals surface area contributed by atoms with Gasteiger partial charge in [0.2, 0.25) is 5.91 Å². The molecule has 1 fully saturated rings. The molecule has 3 rings (SSSR count). The van der Waals surface area contributed by atoms with Crippen molar-refractivity contribution < 1.29 is 18.8 Å². The molecule has 0 bridgehead atoms. The minimum absolute atomic E-state index is 0.0446. The van der Waals surface area contributed by atoms with Gasteiger partial charge in [-0.1, -0.05) is 0 Å². The fraction of sp³-hybridized carbons (Fsp3) is 0.421. The van der Waals surface area contributed by atoms with E-state index in [1.54, 1.807) is 30.5 Å². The number of thiophene rings is 1. The molecule has 0 aromatic carbocycles. The molecule has 8 nitrogen and oxygen atoms in total. The van der Waals surface area contributed by atoms with Gasteiger partial charge >= 0.3 is 0 Å². The van der Waals surface area contributed by atoms with Crippen molar-refractivity contribution in [2.24, 2.45) is 5.73 Å². The normalized spacial score (nSPS) is 16.5. The van der Waals surface area contributed by atoms with Gasteiger partial charge in [0.25, 0.3) is 11.8 Å². The number of hydrogen-bond acceptors (Lipinski definition) is 6. The van der Waals surface area contributed by atoms with E-state index >= 15 is 0 Å². The van der Waals surface area contributed by atoms with Crippen molar-refractivity contribution in [3.63, 3.8) is 0 Å². The second-order valence-corrected chi connectivity index (χ2v) is 7.80. The topological polar surface area (TPSA) is 118 Å². The summed E-state index contributed by atoms with van der Waals surface area (Å²) in [6.07, 6.45) is 1.49. The van der Waals surface area contributed by atoms with Crippen LogP contribution in [0, 0.1) is 6.92 Å². The summed E-state index contributed by atoms with van der Waals surface area (Å²) in [5.41, 5.74) is 5.64. The first-order valence-corrected chi connectivity index (χ1v) is 10.0. The number of piperidine rings is 1. The molecular formula is C19H24N4O4S. The van der Waals surface area contributed by atoms with Crippen LogP contribution in [0.4, 0.5) is 5.00 Å². The summed E-state index contributed by atoms with van der Waals surface area (Å²) in [7, 11) is 0. The van der Waals surface area contributed by atoms with E-state index in [0.29, 0.717) is 35.2 Å². The lowest BCUT2D eigenvalue weighted by Gasteiger charge is -2.35. The zero-order valence-electron chi connectivity index (χ0n) is 15.9. The number of carbonyl (C=O) groups is 3. The molecule has 2 aromatic heterocycles. The van der Waals surface area contributed by atoms with E-state index in [1.807, 2.05) is 6.92 Å². The van der Waals surface area contributed by atoms with Crippen molar-refractivity contribution in [2.75, 3.05) is 18.4 Å². The molecule has 0 radical (unpaired) electrons. The number of nitrogens with one attached hydrogen (secondary N) is 2. The molecule has 28 heavy (non-hydrogen) atoms. The van der Waals surface area contributed by atoms with Crippen LogP contribution in [0.15, 0.2) is 28.0 Å². The van der Waals surface area contributed by atoms with Gasteiger partial charge in [-0.15, -0.1) is 11.3 Å². The number of carbonyl (C=O) groups excluding carboxylic acids is 3. The smallest absolute Gasteiger partial charge is 0.287 e. The van der Waals surface area contributed by atoms with Gasteiger partial charge in [0.05, 0.1) is 11.6 Å². The highest BCUT2D eigenvalue weighted by molar-refractivity contribution is 7.14. The molecule has 150 valence electrons. The summed E-state index contributed by atoms with van der Waals surface area (Å²) in [5, 5.41) is 7.96. The summed E-state index contributed by atoms with van der Waals surface area (Å²) in [6, 6.07) is 4.71. The van der Waals surface area contributed by atoms with E-state index < -0.39 is 5.91 Å². The highest BCUT2D eigenvalue weighted by atomic mass is 32.1. The number of anilines is 1. The highest BCUT2D eigenvalue weighted by Gasteiger charge is 2.28. The second-order valence-electron chi connectivity index (χ2n) is 6.89. The Morgan fingerprint density at radius 3 is 2.57 bits per heavy atom. The van der Waals surface area contributed by atoms with Gasteiger partial charge in [-0.05, 0) is 50.3 Å². The Balaban J connectivity index is 1.49. The largest absolute Gasteiger partial charge is 0.456 e. The van der Waals surface area contributed by atoms with Crippen molar-refractivity contribution in [3.05, 3.63) is 40.7 Å². The average Bonchev–Trinajstić information content (AvgIpc) is 3.30. The van der Waals surface area contributed by atoms with Crippen molar-refractivity contribution in [1.29, 1.82) is 0 Å². The van der Waals surface area contributed by atoms with Gasteiger partial charge in [-0.3, -0.25) is 19.3 Å². The van der Waals surface area contributed by atoms with Gasteiger partial charge < -0.3 is 20.8 Å². The quantitative estimate of drug-likeness (QED) is 0.680. The average molecular weight is 404 g/mol. The zero-order valence-corrected chi connectivity index (χ0v) is 16.7. The van der Waals surface area contributed by atoms with Crippen LogP contribution in [-0.2, 0) is 4.79 Å². The summed E-state index contributed by atoms with van der Waals surface area (Å²) >= 11 is 1.27. The lowest BCUT2D eigenvalue weighted by atomic mass is 10.0. The molecule has 1 aliphatic rings. The summed E-state index contributed by atoms with van der Waals surface area (Å²) in [5.74, 6) is 0.0546. The molecular weight excluding hydrogens is 380 g/mol.